The number of likely N-dealkylation sites (tertiary alicyclic amines) is 2. The minimum Gasteiger partial charge on any atom is -0.488 e. The van der Waals surface area contributed by atoms with Crippen LogP contribution in [0.2, 0.25) is 5.02 Å². The number of fused-ring (bicyclic) bond motifs is 2. The number of aliphatic hydroxyl groups excluding tert-OH is 1. The van der Waals surface area contributed by atoms with Crippen LogP contribution in [-0.2, 0) is 22.2 Å². The fourth-order valence-electron chi connectivity index (χ4n) is 12.0. The number of anilines is 1. The van der Waals surface area contributed by atoms with E-state index in [1.807, 2.05) is 55.1 Å². The first-order valence-corrected chi connectivity index (χ1v) is 25.6. The van der Waals surface area contributed by atoms with Gasteiger partial charge in [0.25, 0.3) is 0 Å². The summed E-state index contributed by atoms with van der Waals surface area (Å²) in [4.78, 5) is 57.3. The molecule has 0 radical (unpaired) electrons. The molecule has 5 N–H and O–H groups in total. The van der Waals surface area contributed by atoms with Gasteiger partial charge in [-0.15, -0.1) is 0 Å². The SMILES string of the molecule is C[C@H]1c2c(cc(F)c(Cl)c2-c2c(C(N)=O)ccc(OCCO)c2F)O[C@]1(CNC1CCC(C(=O)N2CCC(CN3CCC(c4ccc5c(N6CCC(=O)NC6=O)nn(C)c5c4)C3)CC2)CC1)c1ccccc1. The number of carbonyl (C=O) groups is 4. The average Bonchev–Trinajstić information content (AvgIpc) is 4.07. The first-order chi connectivity index (χ1) is 34.7. The van der Waals surface area contributed by atoms with E-state index < -0.39 is 40.1 Å². The van der Waals surface area contributed by atoms with Gasteiger partial charge in [-0.25, -0.2) is 13.6 Å². The van der Waals surface area contributed by atoms with Gasteiger partial charge in [0.2, 0.25) is 17.7 Å². The van der Waals surface area contributed by atoms with Gasteiger partial charge in [-0.2, -0.15) is 5.10 Å². The third-order valence-corrected chi connectivity index (χ3v) is 16.3. The van der Waals surface area contributed by atoms with Gasteiger partial charge in [0.1, 0.15) is 18.2 Å². The number of rotatable bonds is 14. The molecule has 1 saturated carbocycles. The maximum Gasteiger partial charge on any atom is 0.329 e. The second kappa shape index (κ2) is 20.4. The van der Waals surface area contributed by atoms with Gasteiger partial charge in [-0.3, -0.25) is 29.3 Å². The maximum atomic E-state index is 16.5. The molecule has 1 aliphatic carbocycles. The number of imide groups is 1. The number of ether oxygens (including phenoxy) is 2. The molecule has 4 aliphatic heterocycles. The van der Waals surface area contributed by atoms with Crippen LogP contribution in [0.15, 0.2) is 66.7 Å². The van der Waals surface area contributed by atoms with Crippen molar-refractivity contribution in [3.8, 4) is 22.6 Å². The van der Waals surface area contributed by atoms with Crippen LogP contribution in [0.4, 0.5) is 19.4 Å². The van der Waals surface area contributed by atoms with Crippen LogP contribution < -0.4 is 30.7 Å². The molecule has 18 heteroatoms. The molecule has 10 rings (SSSR count). The fraction of sp³-hybridized carbons (Fsp3) is 0.463. The lowest BCUT2D eigenvalue weighted by atomic mass is 9.77. The summed E-state index contributed by atoms with van der Waals surface area (Å²) < 4.78 is 46.4. The summed E-state index contributed by atoms with van der Waals surface area (Å²) in [6, 6.07) is 19.3. The molecular formula is C54H61ClF2N8O7. The molecule has 0 bridgehead atoms. The molecule has 15 nitrogen and oxygen atoms in total. The van der Waals surface area contributed by atoms with Gasteiger partial charge in [-0.1, -0.05) is 54.9 Å². The molecule has 72 heavy (non-hydrogen) atoms. The van der Waals surface area contributed by atoms with E-state index in [-0.39, 0.29) is 71.6 Å². The number of aliphatic hydroxyl groups is 1. The first kappa shape index (κ1) is 49.4. The molecule has 5 heterocycles. The Morgan fingerprint density at radius 2 is 1.74 bits per heavy atom. The van der Waals surface area contributed by atoms with E-state index in [4.69, 9.17) is 26.8 Å². The van der Waals surface area contributed by atoms with E-state index in [1.54, 1.807) is 0 Å². The number of halogens is 3. The predicted octanol–water partition coefficient (Wildman–Crippen LogP) is 7.36. The molecule has 3 atom stereocenters. The number of aromatic nitrogens is 2. The van der Waals surface area contributed by atoms with Gasteiger partial charge in [0.05, 0.1) is 22.7 Å². The number of amides is 5. The molecule has 1 unspecified atom stereocenters. The Bertz CT molecular complexity index is 2910. The zero-order valence-electron chi connectivity index (χ0n) is 40.6. The molecule has 0 spiro atoms. The Labute approximate surface area is 421 Å². The number of carbonyl (C=O) groups excluding carboxylic acids is 4. The molecule has 5 amide bonds. The molecule has 1 aromatic heterocycles. The highest BCUT2D eigenvalue weighted by Crippen LogP contribution is 2.56. The minimum absolute atomic E-state index is 0.0508. The number of nitrogens with two attached hydrogens (primary N) is 1. The van der Waals surface area contributed by atoms with Gasteiger partial charge in [-0.05, 0) is 98.7 Å². The zero-order chi connectivity index (χ0) is 50.4. The van der Waals surface area contributed by atoms with Crippen LogP contribution in [0.25, 0.3) is 22.0 Å². The van der Waals surface area contributed by atoms with Crippen molar-refractivity contribution >= 4 is 52.1 Å². The van der Waals surface area contributed by atoms with E-state index in [0.29, 0.717) is 36.3 Å². The van der Waals surface area contributed by atoms with Gasteiger partial charge < -0.3 is 35.4 Å². The highest BCUT2D eigenvalue weighted by molar-refractivity contribution is 6.34. The smallest absolute Gasteiger partial charge is 0.329 e. The summed E-state index contributed by atoms with van der Waals surface area (Å²) >= 11 is 6.73. The fourth-order valence-corrected chi connectivity index (χ4v) is 12.3. The highest BCUT2D eigenvalue weighted by Gasteiger charge is 2.50. The normalized spacial score (nSPS) is 23.9. The number of hydrogen-bond acceptors (Lipinski definition) is 10. The van der Waals surface area contributed by atoms with Gasteiger partial charge in [0.15, 0.2) is 23.0 Å². The van der Waals surface area contributed by atoms with E-state index in [1.165, 1.54) is 28.7 Å². The molecular weight excluding hydrogens is 946 g/mol. The Kier molecular flexibility index (Phi) is 14.0. The van der Waals surface area contributed by atoms with Crippen molar-refractivity contribution in [3.63, 3.8) is 0 Å². The van der Waals surface area contributed by atoms with Crippen LogP contribution in [0.3, 0.4) is 0 Å². The van der Waals surface area contributed by atoms with Crippen LogP contribution in [0.5, 0.6) is 11.5 Å². The zero-order valence-corrected chi connectivity index (χ0v) is 41.4. The van der Waals surface area contributed by atoms with Crippen molar-refractivity contribution in [3.05, 3.63) is 106 Å². The van der Waals surface area contributed by atoms with Crippen molar-refractivity contribution in [2.24, 2.45) is 24.6 Å². The van der Waals surface area contributed by atoms with E-state index in [0.717, 1.165) is 94.1 Å². The number of benzene rings is 4. The van der Waals surface area contributed by atoms with Crippen LogP contribution in [0.1, 0.15) is 97.2 Å². The van der Waals surface area contributed by atoms with Gasteiger partial charge >= 0.3 is 6.03 Å². The maximum absolute atomic E-state index is 16.5. The lowest BCUT2D eigenvalue weighted by Gasteiger charge is -2.39. The summed E-state index contributed by atoms with van der Waals surface area (Å²) in [7, 11) is 1.88. The first-order valence-electron chi connectivity index (χ1n) is 25.2. The highest BCUT2D eigenvalue weighted by atomic mass is 35.5. The molecule has 5 aromatic rings. The second-order valence-corrected chi connectivity index (χ2v) is 20.6. The lowest BCUT2D eigenvalue weighted by molar-refractivity contribution is -0.138. The molecule has 380 valence electrons. The standard InChI is InChI=1S/C54H61ClF2N8O7/c1-31-45-43(27-40(56)48(55)47(45)46-39(50(58)68)14-15-42(49(46)57)71-25-24-66)72-54(31,36-6-4-3-5-7-36)30-59-37-11-8-33(9-12-37)52(69)64-21-16-32(17-22-64)28-63-20-18-35(29-63)34-10-13-38-41(26-34)62(2)61-51(38)65-23-19-44(67)60-53(65)70/h3-7,10,13-15,26-27,31-33,35,37,59,66H,8-9,11-12,16-25,28-30H2,1-2H3,(H2,58,68)(H,60,67,70)/t31-,33?,35?,37?,54-/m0/s1. The quantitative estimate of drug-likeness (QED) is 0.0877. The minimum atomic E-state index is -1.10. The summed E-state index contributed by atoms with van der Waals surface area (Å²) in [6.45, 7) is 6.44. The lowest BCUT2D eigenvalue weighted by Crippen LogP contribution is -2.49. The monoisotopic (exact) mass is 1010 g/mol. The number of piperidine rings is 1. The van der Waals surface area contributed by atoms with Gasteiger partial charge in [0, 0.05) is 98.8 Å². The van der Waals surface area contributed by atoms with Crippen molar-refractivity contribution in [1.82, 2.24) is 30.2 Å². The number of aryl methyl sites for hydroxylation is 1. The Hall–Kier alpha value is -6.14. The van der Waals surface area contributed by atoms with Crippen LogP contribution >= 0.6 is 11.6 Å². The van der Waals surface area contributed by atoms with Crippen molar-refractivity contribution < 1.29 is 42.5 Å². The Morgan fingerprint density at radius 3 is 2.46 bits per heavy atom. The van der Waals surface area contributed by atoms with Crippen molar-refractivity contribution in [2.75, 3.05) is 63.9 Å². The number of nitrogens with one attached hydrogen (secondary N) is 2. The number of hydrogen-bond donors (Lipinski definition) is 4. The van der Waals surface area contributed by atoms with E-state index in [2.05, 4.69) is 37.7 Å². The van der Waals surface area contributed by atoms with Crippen LogP contribution in [-0.4, -0.2) is 114 Å². The third-order valence-electron chi connectivity index (χ3n) is 16.0. The summed E-state index contributed by atoms with van der Waals surface area (Å²) in [6.07, 6.45) is 6.30. The Morgan fingerprint density at radius 1 is 0.972 bits per heavy atom. The second-order valence-electron chi connectivity index (χ2n) is 20.2. The van der Waals surface area contributed by atoms with E-state index in [9.17, 15) is 24.3 Å². The molecule has 3 saturated heterocycles. The largest absolute Gasteiger partial charge is 0.488 e. The third kappa shape index (κ3) is 9.28. The number of urea groups is 1. The number of nitrogens with zero attached hydrogens (tertiary/aromatic N) is 5. The Balaban J connectivity index is 0.746. The topological polar surface area (TPSA) is 185 Å². The summed E-state index contributed by atoms with van der Waals surface area (Å²) in [5, 5.41) is 20.7. The van der Waals surface area contributed by atoms with Crippen molar-refractivity contribution in [2.45, 2.75) is 81.8 Å². The molecule has 4 aromatic carbocycles. The predicted molar refractivity (Wildman–Crippen MR) is 268 cm³/mol. The average molecular weight is 1010 g/mol. The molecule has 5 aliphatic rings. The van der Waals surface area contributed by atoms with Crippen molar-refractivity contribution in [1.29, 1.82) is 0 Å². The van der Waals surface area contributed by atoms with Crippen LogP contribution in [0, 0.1) is 23.5 Å². The summed E-state index contributed by atoms with van der Waals surface area (Å²) in [5.74, 6) is -2.03. The molecule has 4 fully saturated rings. The van der Waals surface area contributed by atoms with E-state index >= 15 is 8.78 Å². The summed E-state index contributed by atoms with van der Waals surface area (Å²) in [5.41, 5.74) is 7.53. The number of primary amides is 1.